The van der Waals surface area contributed by atoms with Gasteiger partial charge in [0.2, 0.25) is 10.0 Å². The van der Waals surface area contributed by atoms with Gasteiger partial charge in [-0.25, -0.2) is 13.1 Å². The van der Waals surface area contributed by atoms with Gasteiger partial charge in [-0.05, 0) is 13.8 Å². The summed E-state index contributed by atoms with van der Waals surface area (Å²) in [6, 6.07) is 0. The summed E-state index contributed by atoms with van der Waals surface area (Å²) < 4.78 is 38.7. The number of rotatable bonds is 7. The number of nitrogens with one attached hydrogen (secondary N) is 1. The average molecular weight is 323 g/mol. The summed E-state index contributed by atoms with van der Waals surface area (Å²) in [7, 11) is -4.89. The third-order valence-corrected chi connectivity index (χ3v) is 5.04. The lowest BCUT2D eigenvalue weighted by molar-refractivity contribution is -0.137. The molecule has 2 N–H and O–H groups in total. The van der Waals surface area contributed by atoms with E-state index in [9.17, 15) is 17.4 Å². The largest absolute Gasteiger partial charge is 0.480 e. The van der Waals surface area contributed by atoms with Gasteiger partial charge in [-0.2, -0.15) is 5.10 Å². The third kappa shape index (κ3) is 4.12. The molecule has 1 unspecified atom stereocenters. The number of carboxylic acids is 1. The van der Waals surface area contributed by atoms with E-state index in [4.69, 9.17) is 5.11 Å². The Kier molecular flexibility index (Phi) is 5.42. The molecule has 1 heterocycles. The zero-order valence-electron chi connectivity index (χ0n) is 11.4. The van der Waals surface area contributed by atoms with E-state index >= 15 is 0 Å². The van der Waals surface area contributed by atoms with Crippen molar-refractivity contribution in [3.05, 3.63) is 11.4 Å². The van der Waals surface area contributed by atoms with Gasteiger partial charge in [0.15, 0.2) is 0 Å². The Hall–Kier alpha value is -1.26. The molecule has 1 aromatic rings. The van der Waals surface area contributed by atoms with Crippen LogP contribution in [0.3, 0.4) is 0 Å². The SMILES string of the molecule is Cc1nn(CC(=O)O)c(C)c1S(=O)(=O)NCCS(C)=O. The van der Waals surface area contributed by atoms with Gasteiger partial charge in [-0.15, -0.1) is 0 Å². The number of aliphatic carboxylic acids is 1. The van der Waals surface area contributed by atoms with E-state index in [1.54, 1.807) is 0 Å². The number of carbonyl (C=O) groups is 1. The molecular weight excluding hydrogens is 306 g/mol. The highest BCUT2D eigenvalue weighted by molar-refractivity contribution is 7.89. The summed E-state index contributed by atoms with van der Waals surface area (Å²) in [5.41, 5.74) is 0.490. The van der Waals surface area contributed by atoms with Gasteiger partial charge in [0.05, 0.1) is 11.4 Å². The summed E-state index contributed by atoms with van der Waals surface area (Å²) in [6.07, 6.45) is 1.48. The van der Waals surface area contributed by atoms with Crippen molar-refractivity contribution >= 4 is 26.8 Å². The van der Waals surface area contributed by atoms with Crippen molar-refractivity contribution in [2.75, 3.05) is 18.6 Å². The topological polar surface area (TPSA) is 118 Å². The van der Waals surface area contributed by atoms with Gasteiger partial charge >= 0.3 is 5.97 Å². The normalized spacial score (nSPS) is 13.3. The molecule has 1 aromatic heterocycles. The van der Waals surface area contributed by atoms with Gasteiger partial charge in [0.25, 0.3) is 0 Å². The molecule has 0 radical (unpaired) electrons. The summed E-state index contributed by atoms with van der Waals surface area (Å²) in [5.74, 6) is -0.894. The molecule has 0 aliphatic heterocycles. The lowest BCUT2D eigenvalue weighted by Crippen LogP contribution is -2.28. The second kappa shape index (κ2) is 6.46. The fraction of sp³-hybridized carbons (Fsp3) is 0.600. The van der Waals surface area contributed by atoms with Crippen LogP contribution in [-0.2, 0) is 32.2 Å². The lowest BCUT2D eigenvalue weighted by atomic mass is 10.4. The number of sulfonamides is 1. The molecule has 10 heteroatoms. The van der Waals surface area contributed by atoms with Crippen LogP contribution >= 0.6 is 0 Å². The lowest BCUT2D eigenvalue weighted by Gasteiger charge is -2.06. The molecule has 0 saturated carbocycles. The zero-order chi connectivity index (χ0) is 15.5. The van der Waals surface area contributed by atoms with Crippen molar-refractivity contribution in [3.63, 3.8) is 0 Å². The van der Waals surface area contributed by atoms with Crippen molar-refractivity contribution in [2.45, 2.75) is 25.3 Å². The van der Waals surface area contributed by atoms with Gasteiger partial charge in [-0.3, -0.25) is 13.7 Å². The predicted molar refractivity (Wildman–Crippen MR) is 73.5 cm³/mol. The van der Waals surface area contributed by atoms with Crippen molar-refractivity contribution in [2.24, 2.45) is 0 Å². The Labute approximate surface area is 119 Å². The molecule has 8 nitrogen and oxygen atoms in total. The fourth-order valence-corrected chi connectivity index (χ4v) is 3.70. The maximum absolute atomic E-state index is 12.1. The first-order chi connectivity index (χ1) is 9.15. The van der Waals surface area contributed by atoms with Crippen LogP contribution in [0.1, 0.15) is 11.4 Å². The van der Waals surface area contributed by atoms with Crippen LogP contribution in [0.2, 0.25) is 0 Å². The van der Waals surface area contributed by atoms with Crippen LogP contribution < -0.4 is 4.72 Å². The molecule has 1 atom stereocenters. The molecule has 0 saturated heterocycles. The van der Waals surface area contributed by atoms with Gasteiger partial charge in [-0.1, -0.05) is 0 Å². The van der Waals surface area contributed by atoms with Crippen LogP contribution in [0.15, 0.2) is 4.90 Å². The minimum absolute atomic E-state index is 0.0272. The van der Waals surface area contributed by atoms with E-state index in [-0.39, 0.29) is 28.6 Å². The number of nitrogens with zero attached hydrogens (tertiary/aromatic N) is 2. The fourth-order valence-electron chi connectivity index (χ4n) is 1.74. The number of hydrogen-bond donors (Lipinski definition) is 2. The van der Waals surface area contributed by atoms with Crippen LogP contribution in [0.5, 0.6) is 0 Å². The van der Waals surface area contributed by atoms with Crippen molar-refractivity contribution in [1.29, 1.82) is 0 Å². The van der Waals surface area contributed by atoms with E-state index in [0.29, 0.717) is 0 Å². The number of aromatic nitrogens is 2. The van der Waals surface area contributed by atoms with Crippen LogP contribution in [0.25, 0.3) is 0 Å². The van der Waals surface area contributed by atoms with Crippen LogP contribution in [0, 0.1) is 13.8 Å². The van der Waals surface area contributed by atoms with Crippen molar-refractivity contribution in [1.82, 2.24) is 14.5 Å². The summed E-state index contributed by atoms with van der Waals surface area (Å²) in [6.45, 7) is 2.64. The molecular formula is C10H17N3O5S2. The molecule has 0 bridgehead atoms. The second-order valence-corrected chi connectivity index (χ2v) is 7.48. The molecule has 20 heavy (non-hydrogen) atoms. The summed E-state index contributed by atoms with van der Waals surface area (Å²) in [4.78, 5) is 10.7. The van der Waals surface area contributed by atoms with E-state index in [1.807, 2.05) is 0 Å². The molecule has 114 valence electrons. The highest BCUT2D eigenvalue weighted by atomic mass is 32.2. The molecule has 0 aromatic carbocycles. The van der Waals surface area contributed by atoms with Gasteiger partial charge in [0, 0.05) is 29.4 Å². The number of hydrogen-bond acceptors (Lipinski definition) is 5. The quantitative estimate of drug-likeness (QED) is 0.681. The first-order valence-electron chi connectivity index (χ1n) is 5.70. The Morgan fingerprint density at radius 3 is 2.55 bits per heavy atom. The summed E-state index contributed by atoms with van der Waals surface area (Å²) >= 11 is 0. The first kappa shape index (κ1) is 16.8. The van der Waals surface area contributed by atoms with Crippen LogP contribution in [0.4, 0.5) is 0 Å². The zero-order valence-corrected chi connectivity index (χ0v) is 13.0. The average Bonchev–Trinajstić information content (AvgIpc) is 2.52. The highest BCUT2D eigenvalue weighted by Gasteiger charge is 2.24. The van der Waals surface area contributed by atoms with E-state index in [0.717, 1.165) is 4.68 Å². The summed E-state index contributed by atoms with van der Waals surface area (Å²) in [5, 5.41) is 12.7. The van der Waals surface area contributed by atoms with Gasteiger partial charge in [0.1, 0.15) is 11.4 Å². The monoisotopic (exact) mass is 323 g/mol. The highest BCUT2D eigenvalue weighted by Crippen LogP contribution is 2.18. The molecule has 0 fully saturated rings. The van der Waals surface area contributed by atoms with E-state index < -0.39 is 33.3 Å². The third-order valence-electron chi connectivity index (χ3n) is 2.55. The first-order valence-corrected chi connectivity index (χ1v) is 8.91. The Balaban J connectivity index is 3.03. The standard InChI is InChI=1S/C10H17N3O5S2/c1-7-10(8(2)13(12-7)6-9(14)15)20(17,18)11-4-5-19(3)16/h11H,4-6H2,1-3H3,(H,14,15). The maximum atomic E-state index is 12.1. The second-order valence-electron chi connectivity index (χ2n) is 4.23. The Morgan fingerprint density at radius 2 is 2.05 bits per heavy atom. The molecule has 1 rings (SSSR count). The minimum Gasteiger partial charge on any atom is -0.480 e. The van der Waals surface area contributed by atoms with Crippen molar-refractivity contribution in [3.8, 4) is 0 Å². The van der Waals surface area contributed by atoms with E-state index in [2.05, 4.69) is 9.82 Å². The smallest absolute Gasteiger partial charge is 0.325 e. The number of aryl methyl sites for hydroxylation is 1. The maximum Gasteiger partial charge on any atom is 0.325 e. The Bertz CT molecular complexity index is 636. The van der Waals surface area contributed by atoms with Crippen molar-refractivity contribution < 1.29 is 22.5 Å². The van der Waals surface area contributed by atoms with Gasteiger partial charge < -0.3 is 5.11 Å². The molecule has 0 aliphatic carbocycles. The van der Waals surface area contributed by atoms with Crippen LogP contribution in [-0.4, -0.2) is 52.0 Å². The Morgan fingerprint density at radius 1 is 1.45 bits per heavy atom. The molecule has 0 aliphatic rings. The molecule has 0 spiro atoms. The predicted octanol–water partition coefficient (Wildman–Crippen LogP) is -0.759. The van der Waals surface area contributed by atoms with E-state index in [1.165, 1.54) is 20.1 Å². The molecule has 0 amide bonds. The number of carboxylic acid groups (broad SMARTS) is 1. The minimum atomic E-state index is -3.79.